The van der Waals surface area contributed by atoms with Gasteiger partial charge in [0.05, 0.1) is 0 Å². The van der Waals surface area contributed by atoms with E-state index in [4.69, 9.17) is 14.7 Å². The molecule has 3 rings (SSSR count). The predicted octanol–water partition coefficient (Wildman–Crippen LogP) is 2.14. The van der Waals surface area contributed by atoms with Crippen molar-refractivity contribution in [3.63, 3.8) is 0 Å². The van der Waals surface area contributed by atoms with E-state index in [1.165, 1.54) is 18.2 Å². The lowest BCUT2D eigenvalue weighted by molar-refractivity contribution is -0.123. The Balaban J connectivity index is 1.80. The van der Waals surface area contributed by atoms with Gasteiger partial charge in [-0.15, -0.1) is 0 Å². The van der Waals surface area contributed by atoms with Gasteiger partial charge in [-0.25, -0.2) is 4.39 Å². The molecule has 2 aromatic carbocycles. The van der Waals surface area contributed by atoms with Gasteiger partial charge in [-0.1, -0.05) is 48.5 Å². The lowest BCUT2D eigenvalue weighted by atomic mass is 10.1. The molecule has 1 atom stereocenters. The number of Topliss-reactive ketones (excluding diaryl/α,β-unsaturated/α-hetero) is 1. The summed E-state index contributed by atoms with van der Waals surface area (Å²) in [5, 5.41) is 0. The molecule has 0 spiro atoms. The van der Waals surface area contributed by atoms with Crippen molar-refractivity contribution in [2.75, 3.05) is 0 Å². The summed E-state index contributed by atoms with van der Waals surface area (Å²) in [4.78, 5) is 12.4. The minimum absolute atomic E-state index is 0.0468. The van der Waals surface area contributed by atoms with E-state index in [9.17, 15) is 17.6 Å². The third-order valence-corrected chi connectivity index (χ3v) is 4.62. The van der Waals surface area contributed by atoms with E-state index >= 15 is 0 Å². The van der Waals surface area contributed by atoms with E-state index in [0.29, 0.717) is 5.56 Å². The number of benzene rings is 2. The zero-order chi connectivity index (χ0) is 18.0. The Morgan fingerprint density at radius 1 is 1.08 bits per heavy atom. The molecule has 8 heteroatoms. The molecule has 25 heavy (non-hydrogen) atoms. The van der Waals surface area contributed by atoms with Crippen molar-refractivity contribution in [2.45, 2.75) is 11.9 Å². The Bertz CT molecular complexity index is 941. The van der Waals surface area contributed by atoms with Crippen LogP contribution in [0.15, 0.2) is 66.2 Å². The van der Waals surface area contributed by atoms with Crippen LogP contribution in [0.25, 0.3) is 0 Å². The molecule has 1 aliphatic rings. The summed E-state index contributed by atoms with van der Waals surface area (Å²) in [7, 11) is -4.13. The molecule has 1 aliphatic heterocycles. The summed E-state index contributed by atoms with van der Waals surface area (Å²) in [6.45, 7) is 0. The van der Waals surface area contributed by atoms with Crippen molar-refractivity contribution in [1.29, 1.82) is 0 Å². The van der Waals surface area contributed by atoms with Crippen molar-refractivity contribution < 1.29 is 26.5 Å². The van der Waals surface area contributed by atoms with Crippen LogP contribution in [0.5, 0.6) is 0 Å². The highest BCUT2D eigenvalue weighted by Crippen LogP contribution is 2.33. The summed E-state index contributed by atoms with van der Waals surface area (Å²) in [6.07, 6.45) is -1.37. The Kier molecular flexibility index (Phi) is 4.45. The van der Waals surface area contributed by atoms with Crippen LogP contribution in [0, 0.1) is 5.82 Å². The molecule has 130 valence electrons. The minimum atomic E-state index is -4.13. The fourth-order valence-corrected chi connectivity index (χ4v) is 3.46. The minimum Gasteiger partial charge on any atom is -0.460 e. The predicted molar refractivity (Wildman–Crippen MR) is 86.6 cm³/mol. The Labute approximate surface area is 143 Å². The molecule has 0 amide bonds. The highest BCUT2D eigenvalue weighted by atomic mass is 32.2. The third kappa shape index (κ3) is 3.63. The molecule has 0 aliphatic carbocycles. The first kappa shape index (κ1) is 17.0. The standard InChI is InChI=1S/C17H14FNO5S/c18-13-9-5-4-8-12(13)15-14(20)16(17(19)23-15)24-25(21,22)10-11-6-2-1-3-7-11/h1-9,15H,10,19H2. The third-order valence-electron chi connectivity index (χ3n) is 3.51. The molecule has 2 aromatic rings. The fraction of sp³-hybridized carbons (Fsp3) is 0.118. The smallest absolute Gasteiger partial charge is 0.313 e. The van der Waals surface area contributed by atoms with Gasteiger partial charge in [0.1, 0.15) is 11.6 Å². The number of ketones is 1. The summed E-state index contributed by atoms with van der Waals surface area (Å²) in [5.41, 5.74) is 6.01. The van der Waals surface area contributed by atoms with Crippen LogP contribution in [0.1, 0.15) is 17.2 Å². The number of carbonyl (C=O) groups is 1. The Morgan fingerprint density at radius 2 is 1.72 bits per heavy atom. The van der Waals surface area contributed by atoms with Crippen molar-refractivity contribution >= 4 is 15.9 Å². The average molecular weight is 363 g/mol. The Hall–Kier alpha value is -2.87. The summed E-state index contributed by atoms with van der Waals surface area (Å²) in [6, 6.07) is 13.8. The van der Waals surface area contributed by atoms with Crippen LogP contribution in [0.3, 0.4) is 0 Å². The van der Waals surface area contributed by atoms with Gasteiger partial charge in [0.25, 0.3) is 0 Å². The van der Waals surface area contributed by atoms with Gasteiger partial charge in [0.15, 0.2) is 6.10 Å². The second-order valence-corrected chi connectivity index (χ2v) is 6.92. The van der Waals surface area contributed by atoms with E-state index < -0.39 is 45.2 Å². The number of hydrogen-bond donors (Lipinski definition) is 1. The summed E-state index contributed by atoms with van der Waals surface area (Å²) in [5.74, 6) is -3.08. The van der Waals surface area contributed by atoms with E-state index in [1.807, 2.05) is 0 Å². The second-order valence-electron chi connectivity index (χ2n) is 5.35. The van der Waals surface area contributed by atoms with E-state index in [-0.39, 0.29) is 5.56 Å². The van der Waals surface area contributed by atoms with Gasteiger partial charge >= 0.3 is 10.1 Å². The number of ether oxygens (including phenoxy) is 1. The maximum Gasteiger partial charge on any atom is 0.313 e. The maximum absolute atomic E-state index is 13.8. The number of nitrogens with two attached hydrogens (primary N) is 1. The van der Waals surface area contributed by atoms with E-state index in [1.54, 1.807) is 30.3 Å². The molecule has 0 bridgehead atoms. The quantitative estimate of drug-likeness (QED) is 0.818. The first-order valence-electron chi connectivity index (χ1n) is 7.28. The molecule has 0 saturated heterocycles. The lowest BCUT2D eigenvalue weighted by Gasteiger charge is -2.10. The first-order valence-corrected chi connectivity index (χ1v) is 8.86. The number of rotatable bonds is 5. The van der Waals surface area contributed by atoms with Crippen LogP contribution in [-0.4, -0.2) is 14.2 Å². The highest BCUT2D eigenvalue weighted by molar-refractivity contribution is 7.86. The molecular weight excluding hydrogens is 349 g/mol. The van der Waals surface area contributed by atoms with Crippen LogP contribution in [0.2, 0.25) is 0 Å². The molecule has 0 aromatic heterocycles. The van der Waals surface area contributed by atoms with Gasteiger partial charge in [-0.2, -0.15) is 8.42 Å². The molecule has 0 fully saturated rings. The number of hydrogen-bond acceptors (Lipinski definition) is 6. The molecule has 6 nitrogen and oxygen atoms in total. The van der Waals surface area contributed by atoms with E-state index in [0.717, 1.165) is 6.07 Å². The normalized spacial score (nSPS) is 17.5. The van der Waals surface area contributed by atoms with Crippen LogP contribution in [-0.2, 0) is 29.6 Å². The molecule has 0 saturated carbocycles. The van der Waals surface area contributed by atoms with Crippen LogP contribution >= 0.6 is 0 Å². The number of carbonyl (C=O) groups excluding carboxylic acids is 1. The topological polar surface area (TPSA) is 95.7 Å². The number of halogens is 1. The van der Waals surface area contributed by atoms with Crippen LogP contribution in [0.4, 0.5) is 4.39 Å². The highest BCUT2D eigenvalue weighted by Gasteiger charge is 2.40. The van der Waals surface area contributed by atoms with Crippen molar-refractivity contribution in [3.05, 3.63) is 83.2 Å². The zero-order valence-electron chi connectivity index (χ0n) is 12.9. The van der Waals surface area contributed by atoms with Gasteiger partial charge in [-0.05, 0) is 11.6 Å². The van der Waals surface area contributed by atoms with Crippen molar-refractivity contribution in [3.8, 4) is 0 Å². The molecular formula is C17H14FNO5S. The summed E-state index contributed by atoms with van der Waals surface area (Å²) >= 11 is 0. The largest absolute Gasteiger partial charge is 0.460 e. The van der Waals surface area contributed by atoms with Gasteiger partial charge in [0, 0.05) is 5.56 Å². The molecule has 1 heterocycles. The maximum atomic E-state index is 13.8. The van der Waals surface area contributed by atoms with E-state index in [2.05, 4.69) is 0 Å². The zero-order valence-corrected chi connectivity index (χ0v) is 13.7. The SMILES string of the molecule is NC1=C(OS(=O)(=O)Cc2ccccc2)C(=O)C(c2ccccc2F)O1. The Morgan fingerprint density at radius 3 is 2.40 bits per heavy atom. The van der Waals surface area contributed by atoms with Crippen molar-refractivity contribution in [1.82, 2.24) is 0 Å². The lowest BCUT2D eigenvalue weighted by Crippen LogP contribution is -2.16. The van der Waals surface area contributed by atoms with Crippen LogP contribution < -0.4 is 5.73 Å². The van der Waals surface area contributed by atoms with Gasteiger partial charge in [0.2, 0.25) is 17.4 Å². The fourth-order valence-electron chi connectivity index (χ4n) is 2.38. The van der Waals surface area contributed by atoms with Gasteiger partial charge < -0.3 is 14.7 Å². The monoisotopic (exact) mass is 363 g/mol. The van der Waals surface area contributed by atoms with Gasteiger partial charge in [-0.3, -0.25) is 4.79 Å². The van der Waals surface area contributed by atoms with Crippen molar-refractivity contribution in [2.24, 2.45) is 5.73 Å². The molecule has 2 N–H and O–H groups in total. The average Bonchev–Trinajstić information content (AvgIpc) is 2.83. The molecule has 1 unspecified atom stereocenters. The molecule has 0 radical (unpaired) electrons. The second kappa shape index (κ2) is 6.56. The first-order chi connectivity index (χ1) is 11.9. The summed E-state index contributed by atoms with van der Waals surface area (Å²) < 4.78 is 48.1.